The average molecular weight is 343 g/mol. The number of halogens is 1. The van der Waals surface area contributed by atoms with Crippen LogP contribution in [0.1, 0.15) is 31.9 Å². The molecule has 0 fully saturated rings. The van der Waals surface area contributed by atoms with Crippen molar-refractivity contribution in [2.24, 2.45) is 0 Å². The highest BCUT2D eigenvalue weighted by Gasteiger charge is 2.15. The van der Waals surface area contributed by atoms with Crippen molar-refractivity contribution in [1.82, 2.24) is 10.6 Å². The molecule has 0 unspecified atom stereocenters. The van der Waals surface area contributed by atoms with Gasteiger partial charge >= 0.3 is 6.03 Å². The quantitative estimate of drug-likeness (QED) is 0.729. The number of carbonyl (C=O) groups is 2. The molecule has 3 amide bonds. The molecule has 4 N–H and O–H groups in total. The van der Waals surface area contributed by atoms with Crippen LogP contribution in [-0.4, -0.2) is 25.0 Å². The molecular weight excluding hydrogens is 322 g/mol. The third kappa shape index (κ3) is 5.71. The van der Waals surface area contributed by atoms with Crippen LogP contribution < -0.4 is 16.0 Å². The monoisotopic (exact) mass is 342 g/mol. The number of quaternary nitrogens is 1. The summed E-state index contributed by atoms with van der Waals surface area (Å²) in [6, 6.07) is 7.82. The van der Waals surface area contributed by atoms with Crippen molar-refractivity contribution in [3.8, 4) is 0 Å². The summed E-state index contributed by atoms with van der Waals surface area (Å²) in [5.41, 5.74) is 1.17. The van der Waals surface area contributed by atoms with Crippen molar-refractivity contribution in [2.75, 3.05) is 13.1 Å². The third-order valence-corrected chi connectivity index (χ3v) is 3.44. The van der Waals surface area contributed by atoms with E-state index in [1.54, 1.807) is 6.92 Å². The van der Waals surface area contributed by atoms with E-state index < -0.39 is 6.03 Å². The van der Waals surface area contributed by atoms with Gasteiger partial charge in [0.15, 0.2) is 6.54 Å². The number of nitrogens with one attached hydrogen (secondary N) is 2. The number of rotatable bonds is 6. The van der Waals surface area contributed by atoms with Crippen molar-refractivity contribution in [1.29, 1.82) is 0 Å². The van der Waals surface area contributed by atoms with Gasteiger partial charge in [0.05, 0.1) is 0 Å². The van der Waals surface area contributed by atoms with Gasteiger partial charge in [-0.15, -0.1) is 0 Å². The molecule has 110 valence electrons. The molecule has 5 nitrogen and oxygen atoms in total. The third-order valence-electron chi connectivity index (χ3n) is 2.92. The summed E-state index contributed by atoms with van der Waals surface area (Å²) in [7, 11) is 0. The van der Waals surface area contributed by atoms with Crippen molar-refractivity contribution in [3.63, 3.8) is 0 Å². The van der Waals surface area contributed by atoms with Gasteiger partial charge in [0.25, 0.3) is 5.91 Å². The number of amides is 3. The van der Waals surface area contributed by atoms with E-state index in [4.69, 9.17) is 0 Å². The van der Waals surface area contributed by atoms with Crippen LogP contribution in [-0.2, 0) is 4.79 Å². The van der Waals surface area contributed by atoms with Crippen LogP contribution in [0, 0.1) is 0 Å². The fourth-order valence-electron chi connectivity index (χ4n) is 1.88. The van der Waals surface area contributed by atoms with Crippen molar-refractivity contribution >= 4 is 27.9 Å². The first kappa shape index (κ1) is 16.7. The number of hydrogen-bond donors (Lipinski definition) is 3. The zero-order valence-corrected chi connectivity index (χ0v) is 13.4. The Morgan fingerprint density at radius 3 is 2.45 bits per heavy atom. The van der Waals surface area contributed by atoms with Crippen LogP contribution in [0.15, 0.2) is 28.7 Å². The Kier molecular flexibility index (Phi) is 7.25. The number of carbonyl (C=O) groups excluding carboxylic acids is 2. The molecular formula is C14H21BrN3O2+. The number of hydrogen-bond acceptors (Lipinski definition) is 2. The summed E-state index contributed by atoms with van der Waals surface area (Å²) in [6.45, 7) is 4.60. The minimum Gasteiger partial charge on any atom is -0.338 e. The minimum atomic E-state index is -0.442. The summed E-state index contributed by atoms with van der Waals surface area (Å²) in [5.74, 6) is -0.286. The van der Waals surface area contributed by atoms with E-state index in [0.717, 1.165) is 10.9 Å². The van der Waals surface area contributed by atoms with Gasteiger partial charge in [-0.1, -0.05) is 35.0 Å². The topological polar surface area (TPSA) is 74.8 Å². The molecule has 1 aromatic carbocycles. The fourth-order valence-corrected chi connectivity index (χ4v) is 2.14. The molecule has 0 saturated carbocycles. The Morgan fingerprint density at radius 1 is 1.25 bits per heavy atom. The van der Waals surface area contributed by atoms with Gasteiger partial charge < -0.3 is 10.6 Å². The first-order chi connectivity index (χ1) is 9.56. The molecule has 0 heterocycles. The number of urea groups is 1. The average Bonchev–Trinajstić information content (AvgIpc) is 2.41. The van der Waals surface area contributed by atoms with Gasteiger partial charge in [-0.2, -0.15) is 0 Å². The van der Waals surface area contributed by atoms with Crippen LogP contribution in [0.5, 0.6) is 0 Å². The van der Waals surface area contributed by atoms with Crippen molar-refractivity contribution in [3.05, 3.63) is 34.3 Å². The summed E-state index contributed by atoms with van der Waals surface area (Å²) >= 11 is 3.40. The van der Waals surface area contributed by atoms with Gasteiger partial charge in [-0.25, -0.2) is 4.79 Å². The second kappa shape index (κ2) is 8.71. The van der Waals surface area contributed by atoms with Crippen LogP contribution in [0.2, 0.25) is 0 Å². The molecule has 0 bridgehead atoms. The van der Waals surface area contributed by atoms with Crippen molar-refractivity contribution < 1.29 is 14.9 Å². The van der Waals surface area contributed by atoms with E-state index >= 15 is 0 Å². The molecule has 1 aromatic rings. The predicted molar refractivity (Wildman–Crippen MR) is 81.2 cm³/mol. The normalized spacial score (nSPS) is 11.8. The molecule has 0 saturated heterocycles. The van der Waals surface area contributed by atoms with Crippen LogP contribution in [0.4, 0.5) is 4.79 Å². The van der Waals surface area contributed by atoms with E-state index in [2.05, 4.69) is 33.5 Å². The first-order valence-electron chi connectivity index (χ1n) is 6.73. The molecule has 20 heavy (non-hydrogen) atoms. The van der Waals surface area contributed by atoms with E-state index in [0.29, 0.717) is 6.54 Å². The molecule has 1 rings (SSSR count). The minimum absolute atomic E-state index is 0.211. The van der Waals surface area contributed by atoms with Gasteiger partial charge in [0.2, 0.25) is 0 Å². The maximum absolute atomic E-state index is 11.6. The van der Waals surface area contributed by atoms with Gasteiger partial charge in [0, 0.05) is 23.0 Å². The van der Waals surface area contributed by atoms with E-state index in [9.17, 15) is 9.59 Å². The van der Waals surface area contributed by atoms with Gasteiger partial charge in [0.1, 0.15) is 6.04 Å². The molecule has 6 heteroatoms. The largest absolute Gasteiger partial charge is 0.338 e. The smallest absolute Gasteiger partial charge is 0.321 e. The maximum Gasteiger partial charge on any atom is 0.321 e. The lowest BCUT2D eigenvalue weighted by molar-refractivity contribution is -0.686. The van der Waals surface area contributed by atoms with Gasteiger partial charge in [-0.3, -0.25) is 10.1 Å². The molecule has 0 aromatic heterocycles. The van der Waals surface area contributed by atoms with Crippen molar-refractivity contribution in [2.45, 2.75) is 26.3 Å². The Hall–Kier alpha value is -1.40. The predicted octanol–water partition coefficient (Wildman–Crippen LogP) is 1.31. The second-order valence-corrected chi connectivity index (χ2v) is 5.33. The van der Waals surface area contributed by atoms with E-state index in [-0.39, 0.29) is 18.5 Å². The maximum atomic E-state index is 11.6. The molecule has 0 aliphatic carbocycles. The number of imide groups is 1. The highest BCUT2D eigenvalue weighted by molar-refractivity contribution is 9.10. The highest BCUT2D eigenvalue weighted by atomic mass is 79.9. The van der Waals surface area contributed by atoms with E-state index in [1.807, 2.05) is 29.6 Å². The van der Waals surface area contributed by atoms with Crippen LogP contribution >= 0.6 is 15.9 Å². The lowest BCUT2D eigenvalue weighted by Crippen LogP contribution is -2.87. The van der Waals surface area contributed by atoms with Crippen LogP contribution in [0.3, 0.4) is 0 Å². The standard InChI is InChI=1S/C14H20BrN3O2/c1-3-12(10-5-7-11(15)8-6-10)17-9-13(19)18-14(20)16-4-2/h5-8,12,17H,3-4,9H2,1-2H3,(H2,16,18,19,20)/p+1/t12-/m1/s1. The molecule has 0 aliphatic rings. The Bertz CT molecular complexity index is 448. The Balaban J connectivity index is 2.47. The zero-order chi connectivity index (χ0) is 15.0. The second-order valence-electron chi connectivity index (χ2n) is 4.41. The van der Waals surface area contributed by atoms with Crippen LogP contribution in [0.25, 0.3) is 0 Å². The SMILES string of the molecule is CCNC(=O)NC(=O)C[NH2+][C@H](CC)c1ccc(Br)cc1. The Labute approximate surface area is 127 Å². The summed E-state index contributed by atoms with van der Waals surface area (Å²) in [4.78, 5) is 22.8. The summed E-state index contributed by atoms with van der Waals surface area (Å²) in [5, 5.41) is 6.76. The molecule has 0 radical (unpaired) electrons. The summed E-state index contributed by atoms with van der Waals surface area (Å²) < 4.78 is 1.03. The number of nitrogens with two attached hydrogens (primary N) is 1. The lowest BCUT2D eigenvalue weighted by atomic mass is 10.0. The Morgan fingerprint density at radius 2 is 1.90 bits per heavy atom. The first-order valence-corrected chi connectivity index (χ1v) is 7.52. The summed E-state index contributed by atoms with van der Waals surface area (Å²) in [6.07, 6.45) is 0.913. The molecule has 1 atom stereocenters. The van der Waals surface area contributed by atoms with Gasteiger partial charge in [-0.05, 0) is 19.1 Å². The molecule has 0 spiro atoms. The highest BCUT2D eigenvalue weighted by Crippen LogP contribution is 2.16. The number of benzene rings is 1. The molecule has 0 aliphatic heterocycles. The lowest BCUT2D eigenvalue weighted by Gasteiger charge is -2.14. The fraction of sp³-hybridized carbons (Fsp3) is 0.429. The van der Waals surface area contributed by atoms with E-state index in [1.165, 1.54) is 5.56 Å². The zero-order valence-electron chi connectivity index (χ0n) is 11.8.